The van der Waals surface area contributed by atoms with Crippen LogP contribution in [0.2, 0.25) is 0 Å². The average molecular weight is 191 g/mol. The van der Waals surface area contributed by atoms with Crippen LogP contribution < -0.4 is 4.72 Å². The van der Waals surface area contributed by atoms with Gasteiger partial charge in [0.2, 0.25) is 0 Å². The Bertz CT molecular complexity index is 107. The average Bonchev–Trinajstić information content (AvgIpc) is 1.87. The summed E-state index contributed by atoms with van der Waals surface area (Å²) in [6.45, 7) is 1.79. The zero-order valence-corrected chi connectivity index (χ0v) is 8.40. The molecule has 0 heterocycles. The van der Waals surface area contributed by atoms with Crippen LogP contribution in [0.1, 0.15) is 6.92 Å². The van der Waals surface area contributed by atoms with Gasteiger partial charge in [-0.05, 0) is 17.9 Å². The molecule has 0 aliphatic heterocycles. The molecule has 2 atom stereocenters. The van der Waals surface area contributed by atoms with Crippen molar-refractivity contribution < 1.29 is 4.79 Å². The minimum Gasteiger partial charge on any atom is -0.302 e. The normalized spacial score (nSPS) is 12.6. The summed E-state index contributed by atoms with van der Waals surface area (Å²) in [6, 6.07) is -0.110. The quantitative estimate of drug-likeness (QED) is 0.225. The smallest absolute Gasteiger partial charge is 0.196 e. The maximum atomic E-state index is 10.1. The summed E-state index contributed by atoms with van der Waals surface area (Å²) in [4.78, 5) is 10.1. The maximum absolute atomic E-state index is 10.1. The first-order valence-electron chi connectivity index (χ1n) is 2.71. The van der Waals surface area contributed by atoms with Crippen molar-refractivity contribution >= 4 is 50.4 Å². The van der Waals surface area contributed by atoms with Crippen LogP contribution in [0.25, 0.3) is 0 Å². The van der Waals surface area contributed by atoms with Gasteiger partial charge >= 0.3 is 0 Å². The van der Waals surface area contributed by atoms with E-state index in [1.54, 1.807) is 6.92 Å². The Morgan fingerprint density at radius 1 is 1.90 bits per heavy atom. The second-order valence-electron chi connectivity index (χ2n) is 1.69. The van der Waals surface area contributed by atoms with E-state index in [0.717, 1.165) is 6.29 Å². The van der Waals surface area contributed by atoms with E-state index < -0.39 is 0 Å². The lowest BCUT2D eigenvalue weighted by Gasteiger charge is -2.05. The molecule has 0 fully saturated rings. The maximum Gasteiger partial charge on any atom is 0.196 e. The molecule has 0 aliphatic rings. The SMILES string of the molecule is [B]B(P)SSNC(C)C=O. The first-order chi connectivity index (χ1) is 4.66. The predicted molar refractivity (Wildman–Crippen MR) is 55.1 cm³/mol. The van der Waals surface area contributed by atoms with Crippen LogP contribution in [-0.2, 0) is 4.79 Å². The highest BCUT2D eigenvalue weighted by molar-refractivity contribution is 8.89. The fraction of sp³-hybridized carbons (Fsp3) is 0.667. The second kappa shape index (κ2) is 6.59. The van der Waals surface area contributed by atoms with Crippen LogP contribution in [0.15, 0.2) is 0 Å². The number of hydrogen-bond acceptors (Lipinski definition) is 4. The van der Waals surface area contributed by atoms with Crippen molar-refractivity contribution in [1.29, 1.82) is 0 Å². The summed E-state index contributed by atoms with van der Waals surface area (Å²) >= 11 is 0. The van der Waals surface area contributed by atoms with Gasteiger partial charge < -0.3 is 4.79 Å². The van der Waals surface area contributed by atoms with Crippen molar-refractivity contribution in [3.8, 4) is 0 Å². The van der Waals surface area contributed by atoms with Crippen molar-refractivity contribution in [3.63, 3.8) is 0 Å². The predicted octanol–water partition coefficient (Wildman–Crippen LogP) is 0.488. The van der Waals surface area contributed by atoms with Crippen LogP contribution in [0.4, 0.5) is 0 Å². The number of aldehydes is 1. The highest BCUT2D eigenvalue weighted by Crippen LogP contribution is 2.22. The molecule has 2 unspecified atom stereocenters. The van der Waals surface area contributed by atoms with Crippen LogP contribution in [0.3, 0.4) is 0 Å². The van der Waals surface area contributed by atoms with Crippen molar-refractivity contribution in [2.45, 2.75) is 13.0 Å². The van der Waals surface area contributed by atoms with Crippen LogP contribution >= 0.6 is 30.7 Å². The van der Waals surface area contributed by atoms with Gasteiger partial charge in [0.1, 0.15) is 6.29 Å². The number of hydrogen-bond donors (Lipinski definition) is 1. The van der Waals surface area contributed by atoms with Crippen LogP contribution in [0, 0.1) is 0 Å². The van der Waals surface area contributed by atoms with Gasteiger partial charge in [-0.3, -0.25) is 0 Å². The minimum absolute atomic E-state index is 0.0105. The van der Waals surface area contributed by atoms with E-state index in [9.17, 15) is 4.79 Å². The third kappa shape index (κ3) is 7.00. The van der Waals surface area contributed by atoms with Gasteiger partial charge in [0.25, 0.3) is 0 Å². The fourth-order valence-electron chi connectivity index (χ4n) is 0.187. The van der Waals surface area contributed by atoms with E-state index in [4.69, 9.17) is 7.74 Å². The van der Waals surface area contributed by atoms with Gasteiger partial charge in [0.15, 0.2) is 5.60 Å². The van der Waals surface area contributed by atoms with Crippen molar-refractivity contribution in [2.24, 2.45) is 0 Å². The van der Waals surface area contributed by atoms with E-state index in [1.807, 2.05) is 0 Å². The largest absolute Gasteiger partial charge is 0.302 e. The molecule has 0 bridgehead atoms. The summed E-state index contributed by atoms with van der Waals surface area (Å²) in [7, 11) is 10.7. The topological polar surface area (TPSA) is 29.1 Å². The lowest BCUT2D eigenvalue weighted by Crippen LogP contribution is -2.19. The number of carbonyl (C=O) groups excluding carboxylic acids is 1. The molecule has 0 aliphatic carbocycles. The van der Waals surface area contributed by atoms with Gasteiger partial charge in [0.05, 0.1) is 6.04 Å². The first-order valence-corrected chi connectivity index (χ1v) is 5.59. The fourth-order valence-corrected chi connectivity index (χ4v) is 2.02. The lowest BCUT2D eigenvalue weighted by atomic mass is 9.76. The van der Waals surface area contributed by atoms with E-state index in [0.29, 0.717) is 0 Å². The van der Waals surface area contributed by atoms with E-state index in [1.165, 1.54) is 21.6 Å². The molecule has 7 heteroatoms. The Morgan fingerprint density at radius 3 is 2.90 bits per heavy atom. The molecule has 0 aromatic carbocycles. The standard InChI is InChI=1S/C3H8B2NOPS2/c1-3(2-7)6-10-9-5(4)8/h2-3,6H,8H2,1H3. The molecule has 10 heavy (non-hydrogen) atoms. The van der Waals surface area contributed by atoms with Gasteiger partial charge in [-0.15, -0.1) is 10.6 Å². The molecule has 2 nitrogen and oxygen atoms in total. The Balaban J connectivity index is 3.11. The second-order valence-corrected chi connectivity index (χ2v) is 5.10. The molecule has 0 rings (SSSR count). The molecule has 54 valence electrons. The number of rotatable bonds is 5. The van der Waals surface area contributed by atoms with Gasteiger partial charge in [-0.25, -0.2) is 4.72 Å². The third-order valence-electron chi connectivity index (χ3n) is 0.597. The summed E-state index contributed by atoms with van der Waals surface area (Å²) in [5.41, 5.74) is 0.0105. The molecular weight excluding hydrogens is 183 g/mol. The minimum atomic E-state index is -0.110. The molecule has 0 amide bonds. The van der Waals surface area contributed by atoms with Gasteiger partial charge in [-0.1, -0.05) is 0 Å². The van der Waals surface area contributed by atoms with E-state index >= 15 is 0 Å². The monoisotopic (exact) mass is 191 g/mol. The Hall–Kier alpha value is 0.890. The first kappa shape index (κ1) is 10.9. The highest BCUT2D eigenvalue weighted by Gasteiger charge is 2.01. The molecule has 0 spiro atoms. The lowest BCUT2D eigenvalue weighted by molar-refractivity contribution is -0.108. The Kier molecular flexibility index (Phi) is 7.18. The van der Waals surface area contributed by atoms with Crippen molar-refractivity contribution in [3.05, 3.63) is 0 Å². The number of nitrogens with one attached hydrogen (secondary N) is 1. The highest BCUT2D eigenvalue weighted by atomic mass is 33.1. The van der Waals surface area contributed by atoms with Crippen LogP contribution in [-0.4, -0.2) is 25.7 Å². The molecule has 0 saturated carbocycles. The molecular formula is C3H8B2NOPS2. The summed E-state index contributed by atoms with van der Waals surface area (Å²) in [6.07, 6.45) is 0.849. The van der Waals surface area contributed by atoms with Crippen molar-refractivity contribution in [1.82, 2.24) is 4.72 Å². The molecule has 0 saturated heterocycles. The molecule has 2 radical (unpaired) electrons. The molecule has 0 aromatic heterocycles. The molecule has 0 aromatic rings. The van der Waals surface area contributed by atoms with E-state index in [-0.39, 0.29) is 11.6 Å². The third-order valence-corrected chi connectivity index (χ3v) is 3.63. The Morgan fingerprint density at radius 2 is 2.50 bits per heavy atom. The summed E-state index contributed by atoms with van der Waals surface area (Å²) in [5.74, 6) is 0. The molecule has 1 N–H and O–H groups in total. The summed E-state index contributed by atoms with van der Waals surface area (Å²) < 4.78 is 2.88. The van der Waals surface area contributed by atoms with Crippen LogP contribution in [0.5, 0.6) is 0 Å². The van der Waals surface area contributed by atoms with Gasteiger partial charge in [0, 0.05) is 7.74 Å². The zero-order chi connectivity index (χ0) is 7.98. The van der Waals surface area contributed by atoms with E-state index in [2.05, 4.69) is 13.8 Å². The van der Waals surface area contributed by atoms with Gasteiger partial charge in [-0.2, -0.15) is 9.12 Å². The van der Waals surface area contributed by atoms with Crippen molar-refractivity contribution in [2.75, 3.05) is 0 Å². The Labute approximate surface area is 73.1 Å². The summed E-state index contributed by atoms with van der Waals surface area (Å²) in [5, 5.41) is 0. The zero-order valence-electron chi connectivity index (χ0n) is 5.61. The number of carbonyl (C=O) groups is 1.